The number of likely N-dealkylation sites (tertiary alicyclic amines) is 2. The van der Waals surface area contributed by atoms with Crippen molar-refractivity contribution in [2.45, 2.75) is 38.7 Å². The third-order valence-electron chi connectivity index (χ3n) is 6.08. The number of carbonyl (C=O) groups excluding carboxylic acids is 1. The van der Waals surface area contributed by atoms with Gasteiger partial charge >= 0.3 is 30.3 Å². The SMILES string of the molecule is CCOC(=O)[C@]12CCCN(Cc3cccs3)C[C@H]1CN(CCOC)C2.O=C(O)C(F)(F)F.O=C(O)C(F)(F)F. The second kappa shape index (κ2) is 15.4. The molecule has 2 saturated heterocycles. The average Bonchev–Trinajstić information content (AvgIpc) is 3.42. The van der Waals surface area contributed by atoms with Gasteiger partial charge in [0.2, 0.25) is 0 Å². The van der Waals surface area contributed by atoms with Crippen LogP contribution in [-0.2, 0) is 30.4 Å². The molecule has 2 aliphatic rings. The van der Waals surface area contributed by atoms with Crippen LogP contribution in [0.5, 0.6) is 0 Å². The highest BCUT2D eigenvalue weighted by atomic mass is 32.1. The van der Waals surface area contributed by atoms with Gasteiger partial charge in [-0.2, -0.15) is 26.3 Å². The van der Waals surface area contributed by atoms with Gasteiger partial charge in [0.1, 0.15) is 0 Å². The lowest BCUT2D eigenvalue weighted by Gasteiger charge is -2.31. The number of carbonyl (C=O) groups is 3. The molecule has 1 aromatic rings. The van der Waals surface area contributed by atoms with Crippen molar-refractivity contribution in [3.05, 3.63) is 22.4 Å². The first-order valence-electron chi connectivity index (χ1n) is 11.8. The van der Waals surface area contributed by atoms with Gasteiger partial charge in [-0.15, -0.1) is 11.3 Å². The van der Waals surface area contributed by atoms with Crippen LogP contribution in [0.1, 0.15) is 24.6 Å². The quantitative estimate of drug-likeness (QED) is 0.360. The molecule has 9 nitrogen and oxygen atoms in total. The summed E-state index contributed by atoms with van der Waals surface area (Å²) < 4.78 is 74.2. The van der Waals surface area contributed by atoms with Crippen molar-refractivity contribution >= 4 is 29.2 Å². The van der Waals surface area contributed by atoms with Crippen LogP contribution >= 0.6 is 11.3 Å². The molecule has 0 spiro atoms. The summed E-state index contributed by atoms with van der Waals surface area (Å²) in [5.41, 5.74) is -0.339. The molecule has 1 aromatic heterocycles. The van der Waals surface area contributed by atoms with Crippen molar-refractivity contribution in [3.8, 4) is 0 Å². The zero-order valence-electron chi connectivity index (χ0n) is 21.4. The number of hydrogen-bond donors (Lipinski definition) is 2. The first kappa shape index (κ1) is 34.6. The summed E-state index contributed by atoms with van der Waals surface area (Å²) in [5.74, 6) is -5.16. The molecule has 0 saturated carbocycles. The molecular weight excluding hydrogens is 562 g/mol. The van der Waals surface area contributed by atoms with Crippen molar-refractivity contribution in [1.29, 1.82) is 0 Å². The van der Waals surface area contributed by atoms with E-state index < -0.39 is 24.3 Å². The standard InChI is InChI=1S/C19H30N2O3S.2C2HF3O2/c1-3-24-18(22)19-7-5-8-20(14-17-6-4-11-25-17)12-16(19)13-21(15-19)9-10-23-2;2*3-2(4,5)1(6)7/h4,6,11,16H,3,5,7-10,12-15H2,1-2H3;2*(H,6,7)/t16-,19-;;/m0../s1. The zero-order valence-corrected chi connectivity index (χ0v) is 22.2. The average molecular weight is 595 g/mol. The molecule has 0 aromatic carbocycles. The summed E-state index contributed by atoms with van der Waals surface area (Å²) >= 11 is 1.81. The molecule has 0 amide bonds. The summed E-state index contributed by atoms with van der Waals surface area (Å²) in [6.45, 7) is 8.77. The topological polar surface area (TPSA) is 117 Å². The summed E-state index contributed by atoms with van der Waals surface area (Å²) in [7, 11) is 1.73. The van der Waals surface area contributed by atoms with E-state index in [1.807, 2.05) is 18.3 Å². The van der Waals surface area contributed by atoms with E-state index in [4.69, 9.17) is 29.3 Å². The van der Waals surface area contributed by atoms with Crippen LogP contribution in [0.4, 0.5) is 26.3 Å². The van der Waals surface area contributed by atoms with E-state index in [2.05, 4.69) is 27.3 Å². The Balaban J connectivity index is 0.000000449. The Morgan fingerprint density at radius 2 is 1.64 bits per heavy atom. The number of fused-ring (bicyclic) bond motifs is 1. The molecule has 39 heavy (non-hydrogen) atoms. The predicted octanol–water partition coefficient (Wildman–Crippen LogP) is 3.74. The Bertz CT molecular complexity index is 890. The maximum Gasteiger partial charge on any atom is 0.490 e. The van der Waals surface area contributed by atoms with Gasteiger partial charge in [0.05, 0.1) is 18.6 Å². The van der Waals surface area contributed by atoms with E-state index in [0.29, 0.717) is 19.1 Å². The lowest BCUT2D eigenvalue weighted by molar-refractivity contribution is -0.193. The van der Waals surface area contributed by atoms with Crippen LogP contribution in [0.25, 0.3) is 0 Å². The molecule has 16 heteroatoms. The molecule has 2 aliphatic heterocycles. The van der Waals surface area contributed by atoms with Crippen LogP contribution < -0.4 is 0 Å². The second-order valence-electron chi connectivity index (χ2n) is 8.83. The normalized spacial score (nSPS) is 21.9. The van der Waals surface area contributed by atoms with Crippen molar-refractivity contribution in [3.63, 3.8) is 0 Å². The van der Waals surface area contributed by atoms with Crippen molar-refractivity contribution in [2.24, 2.45) is 11.3 Å². The number of alkyl halides is 6. The van der Waals surface area contributed by atoms with Gasteiger partial charge in [-0.1, -0.05) is 6.07 Å². The molecular formula is C23H32F6N2O7S. The number of nitrogens with zero attached hydrogens (tertiary/aromatic N) is 2. The van der Waals surface area contributed by atoms with Gasteiger partial charge in [-0.3, -0.25) is 14.6 Å². The number of hydrogen-bond acceptors (Lipinski definition) is 8. The van der Waals surface area contributed by atoms with E-state index in [0.717, 1.165) is 52.1 Å². The van der Waals surface area contributed by atoms with Crippen LogP contribution in [0.15, 0.2) is 17.5 Å². The number of esters is 1. The third-order valence-corrected chi connectivity index (χ3v) is 6.94. The van der Waals surface area contributed by atoms with Crippen LogP contribution in [0.3, 0.4) is 0 Å². The Morgan fingerprint density at radius 3 is 2.10 bits per heavy atom. The number of aliphatic carboxylic acids is 2. The highest BCUT2D eigenvalue weighted by molar-refractivity contribution is 7.09. The number of carboxylic acid groups (broad SMARTS) is 2. The van der Waals surface area contributed by atoms with Gasteiger partial charge in [0.15, 0.2) is 0 Å². The fourth-order valence-electron chi connectivity index (χ4n) is 4.38. The number of carboxylic acids is 2. The van der Waals surface area contributed by atoms with Gasteiger partial charge in [0, 0.05) is 50.6 Å². The number of halogens is 6. The summed E-state index contributed by atoms with van der Waals surface area (Å²) in [5, 5.41) is 16.4. The lowest BCUT2D eigenvalue weighted by atomic mass is 9.75. The predicted molar refractivity (Wildman–Crippen MR) is 127 cm³/mol. The van der Waals surface area contributed by atoms with E-state index in [9.17, 15) is 31.1 Å². The number of thiophene rings is 1. The second-order valence-corrected chi connectivity index (χ2v) is 9.86. The van der Waals surface area contributed by atoms with E-state index >= 15 is 0 Å². The van der Waals surface area contributed by atoms with Crippen molar-refractivity contribution in [1.82, 2.24) is 9.80 Å². The van der Waals surface area contributed by atoms with E-state index in [-0.39, 0.29) is 11.4 Å². The van der Waals surface area contributed by atoms with Crippen LogP contribution in [0.2, 0.25) is 0 Å². The fourth-order valence-corrected chi connectivity index (χ4v) is 5.13. The molecule has 2 fully saturated rings. The van der Waals surface area contributed by atoms with Gasteiger partial charge in [0.25, 0.3) is 0 Å². The Kier molecular flexibility index (Phi) is 13.6. The largest absolute Gasteiger partial charge is 0.490 e. The van der Waals surface area contributed by atoms with Crippen LogP contribution in [0, 0.1) is 11.3 Å². The fraction of sp³-hybridized carbons (Fsp3) is 0.696. The van der Waals surface area contributed by atoms with E-state index in [1.165, 1.54) is 4.88 Å². The van der Waals surface area contributed by atoms with Gasteiger partial charge in [-0.25, -0.2) is 9.59 Å². The minimum Gasteiger partial charge on any atom is -0.475 e. The third kappa shape index (κ3) is 11.3. The van der Waals surface area contributed by atoms with Gasteiger partial charge in [-0.05, 0) is 37.8 Å². The highest BCUT2D eigenvalue weighted by Crippen LogP contribution is 2.44. The molecule has 224 valence electrons. The van der Waals surface area contributed by atoms with Crippen molar-refractivity contribution < 1.29 is 60.4 Å². The van der Waals surface area contributed by atoms with E-state index in [1.54, 1.807) is 7.11 Å². The molecule has 2 N–H and O–H groups in total. The maximum absolute atomic E-state index is 12.9. The molecule has 3 heterocycles. The first-order valence-corrected chi connectivity index (χ1v) is 12.7. The molecule has 3 rings (SSSR count). The molecule has 0 radical (unpaired) electrons. The summed E-state index contributed by atoms with van der Waals surface area (Å²) in [4.78, 5) is 37.0. The van der Waals surface area contributed by atoms with Crippen molar-refractivity contribution in [2.75, 3.05) is 53.0 Å². The van der Waals surface area contributed by atoms with Gasteiger partial charge < -0.3 is 19.7 Å². The maximum atomic E-state index is 12.9. The Morgan fingerprint density at radius 1 is 1.08 bits per heavy atom. The molecule has 0 unspecified atom stereocenters. The number of rotatable bonds is 7. The molecule has 0 bridgehead atoms. The Labute approximate surface area is 225 Å². The van der Waals surface area contributed by atoms with Crippen LogP contribution in [-0.4, -0.2) is 103 Å². The molecule has 0 aliphatic carbocycles. The highest BCUT2D eigenvalue weighted by Gasteiger charge is 2.53. The monoisotopic (exact) mass is 594 g/mol. The summed E-state index contributed by atoms with van der Waals surface area (Å²) in [6.07, 6.45) is -8.18. The minimum atomic E-state index is -5.08. The summed E-state index contributed by atoms with van der Waals surface area (Å²) in [6, 6.07) is 4.32. The molecule has 2 atom stereocenters. The minimum absolute atomic E-state index is 0.0119. The number of methoxy groups -OCH3 is 1. The first-order chi connectivity index (χ1) is 18.1. The Hall–Kier alpha value is -2.43. The zero-order chi connectivity index (χ0) is 29.9. The smallest absolute Gasteiger partial charge is 0.475 e. The number of ether oxygens (including phenoxy) is 2. The lowest BCUT2D eigenvalue weighted by Crippen LogP contribution is -2.42.